The first-order valence-corrected chi connectivity index (χ1v) is 10.8. The zero-order valence-corrected chi connectivity index (χ0v) is 17.8. The van der Waals surface area contributed by atoms with Gasteiger partial charge in [0.1, 0.15) is 6.10 Å². The normalized spacial score (nSPS) is 31.9. The number of benzene rings is 1. The van der Waals surface area contributed by atoms with Crippen molar-refractivity contribution in [2.45, 2.75) is 19.1 Å². The third kappa shape index (κ3) is 2.49. The van der Waals surface area contributed by atoms with E-state index in [4.69, 9.17) is 14.3 Å². The molecule has 6 unspecified atom stereocenters. The van der Waals surface area contributed by atoms with Crippen LogP contribution in [0.1, 0.15) is 17.5 Å². The highest BCUT2D eigenvalue weighted by molar-refractivity contribution is 6.10. The molecule has 3 fully saturated rings. The van der Waals surface area contributed by atoms with Crippen LogP contribution >= 0.6 is 0 Å². The van der Waals surface area contributed by atoms with Crippen LogP contribution < -0.4 is 9.47 Å². The molecule has 6 rings (SSSR count). The van der Waals surface area contributed by atoms with Gasteiger partial charge in [-0.3, -0.25) is 19.5 Å². The Morgan fingerprint density at radius 3 is 2.56 bits per heavy atom. The Bertz CT molecular complexity index is 1130. The lowest BCUT2D eigenvalue weighted by Crippen LogP contribution is -2.41. The standard InChI is InChI=1S/C24H23N3O5/c1-30-16-7-3-6-13(21(16)31-2)20-19-14-9-15(22(19)32-26-20)18-17(14)23(28)27(24(18)29)11-12-5-4-8-25-10-12/h3-8,10,14-15,17-19,22H,9,11H2,1-2H3. The highest BCUT2D eigenvalue weighted by atomic mass is 16.6. The Balaban J connectivity index is 1.32. The number of hydrogen-bond acceptors (Lipinski definition) is 7. The number of ether oxygens (including phenoxy) is 2. The minimum absolute atomic E-state index is 0.0109. The van der Waals surface area contributed by atoms with Gasteiger partial charge in [-0.05, 0) is 36.1 Å². The largest absolute Gasteiger partial charge is 0.493 e. The van der Waals surface area contributed by atoms with Crippen molar-refractivity contribution in [3.63, 3.8) is 0 Å². The van der Waals surface area contributed by atoms with Crippen molar-refractivity contribution in [2.24, 2.45) is 34.7 Å². The number of aromatic nitrogens is 1. The van der Waals surface area contributed by atoms with Crippen molar-refractivity contribution < 1.29 is 23.9 Å². The summed E-state index contributed by atoms with van der Waals surface area (Å²) in [4.78, 5) is 38.1. The van der Waals surface area contributed by atoms with Gasteiger partial charge in [-0.15, -0.1) is 0 Å². The van der Waals surface area contributed by atoms with Gasteiger partial charge in [0.05, 0.1) is 38.3 Å². The van der Waals surface area contributed by atoms with E-state index in [0.29, 0.717) is 11.5 Å². The number of methoxy groups -OCH3 is 2. The van der Waals surface area contributed by atoms with Crippen LogP contribution in [-0.4, -0.2) is 47.7 Å². The van der Waals surface area contributed by atoms with Gasteiger partial charge in [0.25, 0.3) is 0 Å². The highest BCUT2D eigenvalue weighted by Gasteiger charge is 2.70. The Kier molecular flexibility index (Phi) is 4.25. The number of pyridine rings is 1. The summed E-state index contributed by atoms with van der Waals surface area (Å²) in [7, 11) is 3.20. The molecule has 3 heterocycles. The summed E-state index contributed by atoms with van der Waals surface area (Å²) in [6, 6.07) is 9.36. The fourth-order valence-electron chi connectivity index (χ4n) is 6.33. The molecule has 2 amide bonds. The molecule has 2 aliphatic heterocycles. The van der Waals surface area contributed by atoms with Gasteiger partial charge in [0.2, 0.25) is 11.8 Å². The number of fused-ring (bicyclic) bond motifs is 8. The first-order chi connectivity index (χ1) is 15.6. The number of hydrogen-bond donors (Lipinski definition) is 0. The number of oxime groups is 1. The van der Waals surface area contributed by atoms with Crippen molar-refractivity contribution >= 4 is 17.5 Å². The van der Waals surface area contributed by atoms with Gasteiger partial charge >= 0.3 is 0 Å². The maximum absolute atomic E-state index is 13.4. The minimum atomic E-state index is -0.327. The van der Waals surface area contributed by atoms with E-state index in [2.05, 4.69) is 10.1 Å². The molecule has 0 N–H and O–H groups in total. The Hall–Kier alpha value is -3.42. The van der Waals surface area contributed by atoms with Crippen molar-refractivity contribution in [1.29, 1.82) is 0 Å². The van der Waals surface area contributed by atoms with E-state index in [1.165, 1.54) is 4.90 Å². The second-order valence-electron chi connectivity index (χ2n) is 8.85. The fraction of sp³-hybridized carbons (Fsp3) is 0.417. The number of rotatable bonds is 5. The quantitative estimate of drug-likeness (QED) is 0.672. The molecular formula is C24H23N3O5. The molecule has 164 valence electrons. The molecule has 2 saturated carbocycles. The van der Waals surface area contributed by atoms with Gasteiger partial charge in [-0.2, -0.15) is 0 Å². The molecule has 0 radical (unpaired) electrons. The second kappa shape index (κ2) is 7.05. The monoisotopic (exact) mass is 433 g/mol. The molecule has 1 aromatic heterocycles. The van der Waals surface area contributed by atoms with Crippen LogP contribution in [0, 0.1) is 29.6 Å². The number of carbonyl (C=O) groups is 2. The summed E-state index contributed by atoms with van der Waals surface area (Å²) in [6.45, 7) is 0.263. The third-order valence-electron chi connectivity index (χ3n) is 7.52. The molecule has 2 aromatic rings. The van der Waals surface area contributed by atoms with Crippen molar-refractivity contribution in [3.8, 4) is 11.5 Å². The molecule has 0 spiro atoms. The summed E-state index contributed by atoms with van der Waals surface area (Å²) in [5, 5.41) is 4.42. The van der Waals surface area contributed by atoms with Crippen LogP contribution in [0.25, 0.3) is 0 Å². The molecule has 1 saturated heterocycles. The summed E-state index contributed by atoms with van der Waals surface area (Å²) in [6.07, 6.45) is 3.98. The Morgan fingerprint density at radius 2 is 1.84 bits per heavy atom. The van der Waals surface area contributed by atoms with Gasteiger partial charge in [-0.1, -0.05) is 17.3 Å². The van der Waals surface area contributed by atoms with Gasteiger partial charge in [0.15, 0.2) is 11.5 Å². The first kappa shape index (κ1) is 19.3. The number of carbonyl (C=O) groups excluding carboxylic acids is 2. The van der Waals surface area contributed by atoms with Crippen LogP contribution in [-0.2, 0) is 21.0 Å². The number of likely N-dealkylation sites (tertiary alicyclic amines) is 1. The minimum Gasteiger partial charge on any atom is -0.493 e. The van der Waals surface area contributed by atoms with E-state index < -0.39 is 0 Å². The molecule has 4 aliphatic rings. The third-order valence-corrected chi connectivity index (χ3v) is 7.52. The van der Waals surface area contributed by atoms with Gasteiger partial charge in [-0.25, -0.2) is 0 Å². The first-order valence-electron chi connectivity index (χ1n) is 10.8. The van der Waals surface area contributed by atoms with Crippen molar-refractivity contribution in [3.05, 3.63) is 53.9 Å². The molecule has 2 aliphatic carbocycles. The van der Waals surface area contributed by atoms with E-state index in [-0.39, 0.29) is 54.1 Å². The summed E-state index contributed by atoms with van der Waals surface area (Å²) >= 11 is 0. The molecule has 2 bridgehead atoms. The molecule has 1 aromatic carbocycles. The molecule has 32 heavy (non-hydrogen) atoms. The van der Waals surface area contributed by atoms with Crippen LogP contribution in [0.4, 0.5) is 0 Å². The number of nitrogens with zero attached hydrogens (tertiary/aromatic N) is 3. The average Bonchev–Trinajstić information content (AvgIpc) is 3.56. The zero-order valence-electron chi connectivity index (χ0n) is 17.8. The fourth-order valence-corrected chi connectivity index (χ4v) is 6.33. The maximum atomic E-state index is 13.4. The molecule has 8 nitrogen and oxygen atoms in total. The number of imide groups is 1. The lowest BCUT2D eigenvalue weighted by atomic mass is 9.71. The van der Waals surface area contributed by atoms with Crippen molar-refractivity contribution in [2.75, 3.05) is 14.2 Å². The van der Waals surface area contributed by atoms with Crippen LogP contribution in [0.2, 0.25) is 0 Å². The average molecular weight is 433 g/mol. The summed E-state index contributed by atoms with van der Waals surface area (Å²) < 4.78 is 11.1. The van der Waals surface area contributed by atoms with Crippen molar-refractivity contribution in [1.82, 2.24) is 9.88 Å². The van der Waals surface area contributed by atoms with Gasteiger partial charge < -0.3 is 14.3 Å². The lowest BCUT2D eigenvalue weighted by molar-refractivity contribution is -0.141. The summed E-state index contributed by atoms with van der Waals surface area (Å²) in [5.74, 6) is 0.352. The maximum Gasteiger partial charge on any atom is 0.233 e. The zero-order chi connectivity index (χ0) is 22.0. The Morgan fingerprint density at radius 1 is 1.03 bits per heavy atom. The summed E-state index contributed by atoms with van der Waals surface area (Å²) in [5.41, 5.74) is 2.44. The van der Waals surface area contributed by atoms with E-state index in [1.54, 1.807) is 26.6 Å². The smallest absolute Gasteiger partial charge is 0.233 e. The Labute approximate surface area is 185 Å². The van der Waals surface area contributed by atoms with E-state index in [9.17, 15) is 9.59 Å². The predicted molar refractivity (Wildman–Crippen MR) is 113 cm³/mol. The molecule has 6 atom stereocenters. The van der Waals surface area contributed by atoms with E-state index in [1.807, 2.05) is 30.3 Å². The predicted octanol–water partition coefficient (Wildman–Crippen LogP) is 2.27. The lowest BCUT2D eigenvalue weighted by Gasteiger charge is -2.30. The number of para-hydroxylation sites is 1. The topological polar surface area (TPSA) is 90.3 Å². The molecule has 8 heteroatoms. The van der Waals surface area contributed by atoms with E-state index in [0.717, 1.165) is 23.3 Å². The van der Waals surface area contributed by atoms with Crippen LogP contribution in [0.3, 0.4) is 0 Å². The second-order valence-corrected chi connectivity index (χ2v) is 8.85. The molecular weight excluding hydrogens is 410 g/mol. The van der Waals surface area contributed by atoms with Crippen LogP contribution in [0.15, 0.2) is 47.9 Å². The SMILES string of the molecule is COc1cccc(C2=NOC3C4CC(C23)C2C(=O)N(Cc3cccnc3)C(=O)C42)c1OC. The van der Waals surface area contributed by atoms with Crippen LogP contribution in [0.5, 0.6) is 11.5 Å². The van der Waals surface area contributed by atoms with Gasteiger partial charge in [0, 0.05) is 29.8 Å². The van der Waals surface area contributed by atoms with E-state index >= 15 is 0 Å². The highest BCUT2D eigenvalue weighted by Crippen LogP contribution is 2.62. The number of amides is 2.